The second-order valence-corrected chi connectivity index (χ2v) is 8.12. The van der Waals surface area contributed by atoms with E-state index in [1.165, 1.54) is 11.6 Å². The zero-order valence-electron chi connectivity index (χ0n) is 17.5. The van der Waals surface area contributed by atoms with Crippen molar-refractivity contribution in [2.45, 2.75) is 19.4 Å². The molecule has 4 rings (SSSR count). The van der Waals surface area contributed by atoms with Gasteiger partial charge >= 0.3 is 0 Å². The molecule has 8 heteroatoms. The highest BCUT2D eigenvalue weighted by Gasteiger charge is 2.12. The number of nitrogens with one attached hydrogen (secondary N) is 2. The zero-order valence-corrected chi connectivity index (χ0v) is 18.3. The molecule has 162 valence electrons. The van der Waals surface area contributed by atoms with E-state index in [0.29, 0.717) is 12.2 Å². The molecule has 0 unspecified atom stereocenters. The van der Waals surface area contributed by atoms with E-state index in [2.05, 4.69) is 32.4 Å². The minimum Gasteiger partial charge on any atom is -0.497 e. The predicted molar refractivity (Wildman–Crippen MR) is 123 cm³/mol. The van der Waals surface area contributed by atoms with Crippen molar-refractivity contribution in [3.63, 3.8) is 0 Å². The predicted octanol–water partition coefficient (Wildman–Crippen LogP) is 3.35. The van der Waals surface area contributed by atoms with Crippen LogP contribution in [-0.2, 0) is 19.4 Å². The maximum Gasteiger partial charge on any atom is 0.270 e. The standard InChI is InChI=1S/C24H22N4O3S/c1-31-19-9-7-17(8-10-19)11-21-27-20(13-22(29)28-21)24(30)25-14-18-15-32-23(26-18)12-16-5-3-2-4-6-16/h2-10,13,15H,11-12,14H2,1H3,(H,25,30)(H,27,28,29). The van der Waals surface area contributed by atoms with Crippen LogP contribution in [0.25, 0.3) is 0 Å². The molecule has 0 saturated heterocycles. The summed E-state index contributed by atoms with van der Waals surface area (Å²) >= 11 is 1.56. The van der Waals surface area contributed by atoms with E-state index in [1.54, 1.807) is 18.4 Å². The van der Waals surface area contributed by atoms with Crippen molar-refractivity contribution in [2.75, 3.05) is 7.11 Å². The van der Waals surface area contributed by atoms with Crippen molar-refractivity contribution in [1.29, 1.82) is 0 Å². The van der Waals surface area contributed by atoms with Crippen LogP contribution in [0.5, 0.6) is 5.75 Å². The SMILES string of the molecule is COc1ccc(Cc2nc(C(=O)NCc3csc(Cc4ccccc4)n3)cc(=O)[nH]2)cc1. The van der Waals surface area contributed by atoms with Gasteiger partial charge in [0.1, 0.15) is 17.3 Å². The average molecular weight is 447 g/mol. The first kappa shape index (κ1) is 21.5. The van der Waals surface area contributed by atoms with Gasteiger partial charge in [-0.2, -0.15) is 0 Å². The maximum atomic E-state index is 12.6. The zero-order chi connectivity index (χ0) is 22.3. The van der Waals surface area contributed by atoms with Crippen LogP contribution in [-0.4, -0.2) is 28.0 Å². The third-order valence-electron chi connectivity index (χ3n) is 4.78. The summed E-state index contributed by atoms with van der Waals surface area (Å²) in [5, 5.41) is 5.71. The lowest BCUT2D eigenvalue weighted by molar-refractivity contribution is 0.0945. The molecule has 0 atom stereocenters. The van der Waals surface area contributed by atoms with Gasteiger partial charge in [0.15, 0.2) is 0 Å². The van der Waals surface area contributed by atoms with Gasteiger partial charge in [0.25, 0.3) is 11.5 Å². The van der Waals surface area contributed by atoms with Crippen molar-refractivity contribution in [2.24, 2.45) is 0 Å². The van der Waals surface area contributed by atoms with Gasteiger partial charge in [-0.05, 0) is 23.3 Å². The van der Waals surface area contributed by atoms with Gasteiger partial charge in [0, 0.05) is 24.3 Å². The van der Waals surface area contributed by atoms with Crippen molar-refractivity contribution in [3.8, 4) is 5.75 Å². The molecule has 2 aromatic carbocycles. The summed E-state index contributed by atoms with van der Waals surface area (Å²) in [7, 11) is 1.60. The lowest BCUT2D eigenvalue weighted by Gasteiger charge is -2.06. The number of hydrogen-bond donors (Lipinski definition) is 2. The summed E-state index contributed by atoms with van der Waals surface area (Å²) in [6.45, 7) is 0.270. The number of methoxy groups -OCH3 is 1. The average Bonchev–Trinajstić information content (AvgIpc) is 3.25. The molecule has 4 aromatic rings. The highest BCUT2D eigenvalue weighted by molar-refractivity contribution is 7.09. The Bertz CT molecular complexity index is 1250. The Morgan fingerprint density at radius 2 is 1.78 bits per heavy atom. The number of thiazole rings is 1. The Labute approximate surface area is 189 Å². The van der Waals surface area contributed by atoms with E-state index in [4.69, 9.17) is 4.74 Å². The molecule has 2 heterocycles. The third-order valence-corrected chi connectivity index (χ3v) is 5.68. The number of rotatable bonds is 8. The Morgan fingerprint density at radius 3 is 2.53 bits per heavy atom. The van der Waals surface area contributed by atoms with Crippen LogP contribution in [0.2, 0.25) is 0 Å². The van der Waals surface area contributed by atoms with Crippen molar-refractivity contribution in [1.82, 2.24) is 20.3 Å². The van der Waals surface area contributed by atoms with E-state index >= 15 is 0 Å². The van der Waals surface area contributed by atoms with Crippen molar-refractivity contribution >= 4 is 17.2 Å². The fraction of sp³-hybridized carbons (Fsp3) is 0.167. The van der Waals surface area contributed by atoms with Gasteiger partial charge in [-0.1, -0.05) is 42.5 Å². The molecular formula is C24H22N4O3S. The summed E-state index contributed by atoms with van der Waals surface area (Å²) in [5.41, 5.74) is 2.62. The largest absolute Gasteiger partial charge is 0.497 e. The molecule has 0 spiro atoms. The lowest BCUT2D eigenvalue weighted by atomic mass is 10.1. The Morgan fingerprint density at radius 1 is 1.03 bits per heavy atom. The Hall–Kier alpha value is -3.78. The third kappa shape index (κ3) is 5.67. The van der Waals surface area contributed by atoms with Gasteiger partial charge in [-0.15, -0.1) is 11.3 Å². The van der Waals surface area contributed by atoms with E-state index in [-0.39, 0.29) is 17.8 Å². The fourth-order valence-corrected chi connectivity index (χ4v) is 4.02. The smallest absolute Gasteiger partial charge is 0.270 e. The molecule has 0 radical (unpaired) electrons. The number of aromatic nitrogens is 3. The van der Waals surface area contributed by atoms with Crippen molar-refractivity contribution < 1.29 is 9.53 Å². The molecule has 0 saturated carbocycles. The van der Waals surface area contributed by atoms with Gasteiger partial charge in [0.2, 0.25) is 0 Å². The van der Waals surface area contributed by atoms with Gasteiger partial charge in [-0.25, -0.2) is 9.97 Å². The first-order valence-corrected chi connectivity index (χ1v) is 11.0. The van der Waals surface area contributed by atoms with Crippen LogP contribution in [0.3, 0.4) is 0 Å². The molecule has 32 heavy (non-hydrogen) atoms. The maximum absolute atomic E-state index is 12.6. The number of carbonyl (C=O) groups is 1. The normalized spacial score (nSPS) is 10.7. The van der Waals surface area contributed by atoms with E-state index < -0.39 is 5.91 Å². The van der Waals surface area contributed by atoms with Crippen LogP contribution in [0, 0.1) is 0 Å². The summed E-state index contributed by atoms with van der Waals surface area (Å²) < 4.78 is 5.15. The van der Waals surface area contributed by atoms with E-state index in [9.17, 15) is 9.59 Å². The number of amides is 1. The van der Waals surface area contributed by atoms with Crippen molar-refractivity contribution in [3.05, 3.63) is 110 Å². The molecule has 0 aliphatic rings. The minimum atomic E-state index is -0.412. The van der Waals surface area contributed by atoms with Crippen LogP contribution >= 0.6 is 11.3 Å². The highest BCUT2D eigenvalue weighted by atomic mass is 32.1. The number of nitrogens with zero attached hydrogens (tertiary/aromatic N) is 2. The molecule has 2 N–H and O–H groups in total. The van der Waals surface area contributed by atoms with Crippen LogP contribution in [0.1, 0.15) is 38.1 Å². The molecule has 1 amide bonds. The first-order valence-electron chi connectivity index (χ1n) is 10.1. The summed E-state index contributed by atoms with van der Waals surface area (Å²) in [6.07, 6.45) is 1.15. The second kappa shape index (κ2) is 10.0. The minimum absolute atomic E-state index is 0.0806. The molecule has 0 aliphatic carbocycles. The lowest BCUT2D eigenvalue weighted by Crippen LogP contribution is -2.27. The van der Waals surface area contributed by atoms with Gasteiger partial charge in [0.05, 0.1) is 24.4 Å². The summed E-state index contributed by atoms with van der Waals surface area (Å²) in [6, 6.07) is 18.8. The quantitative estimate of drug-likeness (QED) is 0.433. The number of aromatic amines is 1. The van der Waals surface area contributed by atoms with Gasteiger partial charge < -0.3 is 15.0 Å². The van der Waals surface area contributed by atoms with E-state index in [1.807, 2.05) is 47.8 Å². The number of H-pyrrole nitrogens is 1. The molecule has 0 aliphatic heterocycles. The summed E-state index contributed by atoms with van der Waals surface area (Å²) in [5.74, 6) is 0.758. The Balaban J connectivity index is 1.38. The summed E-state index contributed by atoms with van der Waals surface area (Å²) in [4.78, 5) is 36.2. The fourth-order valence-electron chi connectivity index (χ4n) is 3.19. The van der Waals surface area contributed by atoms with Crippen LogP contribution < -0.4 is 15.6 Å². The number of hydrogen-bond acceptors (Lipinski definition) is 6. The second-order valence-electron chi connectivity index (χ2n) is 7.18. The molecule has 7 nitrogen and oxygen atoms in total. The molecule has 2 aromatic heterocycles. The van der Waals surface area contributed by atoms with Crippen LogP contribution in [0.15, 0.2) is 70.8 Å². The number of benzene rings is 2. The van der Waals surface area contributed by atoms with Gasteiger partial charge in [-0.3, -0.25) is 9.59 Å². The monoisotopic (exact) mass is 446 g/mol. The number of carbonyl (C=O) groups excluding carboxylic acids is 1. The molecule has 0 fully saturated rings. The highest BCUT2D eigenvalue weighted by Crippen LogP contribution is 2.15. The number of ether oxygens (including phenoxy) is 1. The first-order chi connectivity index (χ1) is 15.6. The molecule has 0 bridgehead atoms. The van der Waals surface area contributed by atoms with E-state index in [0.717, 1.165) is 28.4 Å². The van der Waals surface area contributed by atoms with Crippen LogP contribution in [0.4, 0.5) is 0 Å². The molecular weight excluding hydrogens is 424 g/mol. The Kier molecular flexibility index (Phi) is 6.72. The topological polar surface area (TPSA) is 97.0 Å².